The van der Waals surface area contributed by atoms with Crippen molar-refractivity contribution < 1.29 is 19.4 Å². The fourth-order valence-corrected chi connectivity index (χ4v) is 3.08. The van der Waals surface area contributed by atoms with Crippen LogP contribution in [0.1, 0.15) is 16.7 Å². The third-order valence-corrected chi connectivity index (χ3v) is 4.52. The summed E-state index contributed by atoms with van der Waals surface area (Å²) in [6.07, 6.45) is -1.08. The Kier molecular flexibility index (Phi) is 6.05. The van der Waals surface area contributed by atoms with Crippen LogP contribution < -0.4 is 11.1 Å². The molecule has 0 fully saturated rings. The first-order valence-electron chi connectivity index (χ1n) is 8.79. The normalized spacial score (nSPS) is 17.0. The van der Waals surface area contributed by atoms with E-state index in [1.165, 1.54) is 4.90 Å². The molecule has 1 aliphatic heterocycles. The first-order valence-corrected chi connectivity index (χ1v) is 8.79. The second-order valence-electron chi connectivity index (χ2n) is 6.45. The first-order chi connectivity index (χ1) is 13.1. The zero-order chi connectivity index (χ0) is 19.2. The molecule has 0 aliphatic carbocycles. The number of aliphatic hydroxyl groups is 1. The van der Waals surface area contributed by atoms with Gasteiger partial charge in [0.2, 0.25) is 5.91 Å². The van der Waals surface area contributed by atoms with E-state index in [2.05, 4.69) is 5.32 Å². The molecule has 1 heterocycles. The van der Waals surface area contributed by atoms with Gasteiger partial charge in [0.05, 0.1) is 13.2 Å². The highest BCUT2D eigenvalue weighted by Gasteiger charge is 2.35. The number of carbonyl (C=O) groups excluding carboxylic acids is 2. The van der Waals surface area contributed by atoms with Gasteiger partial charge in [-0.05, 0) is 16.7 Å². The molecule has 0 saturated carbocycles. The molecule has 2 atom stereocenters. The van der Waals surface area contributed by atoms with E-state index in [9.17, 15) is 9.59 Å². The van der Waals surface area contributed by atoms with Crippen molar-refractivity contribution >= 4 is 12.0 Å². The number of nitrogens with two attached hydrogens (primary N) is 1. The maximum Gasteiger partial charge on any atom is 0.411 e. The lowest BCUT2D eigenvalue weighted by molar-refractivity contribution is -0.127. The number of amides is 2. The van der Waals surface area contributed by atoms with Crippen LogP contribution in [0.25, 0.3) is 0 Å². The molecule has 2 aromatic rings. The van der Waals surface area contributed by atoms with Gasteiger partial charge in [-0.25, -0.2) is 4.79 Å². The Labute approximate surface area is 157 Å². The third kappa shape index (κ3) is 4.64. The summed E-state index contributed by atoms with van der Waals surface area (Å²) in [5, 5.41) is 11.6. The number of hydrogen-bond acceptors (Lipinski definition) is 5. The maximum absolute atomic E-state index is 12.7. The third-order valence-electron chi connectivity index (χ3n) is 4.52. The van der Waals surface area contributed by atoms with Crippen LogP contribution in [-0.4, -0.2) is 40.8 Å². The van der Waals surface area contributed by atoms with Crippen LogP contribution in [-0.2, 0) is 29.1 Å². The molecule has 142 valence electrons. The van der Waals surface area contributed by atoms with Crippen LogP contribution in [0.4, 0.5) is 4.79 Å². The summed E-state index contributed by atoms with van der Waals surface area (Å²) in [6.45, 7) is 0.0199. The van der Waals surface area contributed by atoms with Crippen LogP contribution >= 0.6 is 0 Å². The number of hydrogen-bond donors (Lipinski definition) is 3. The van der Waals surface area contributed by atoms with Gasteiger partial charge in [0.1, 0.15) is 18.8 Å². The molecular weight excluding hydrogens is 346 g/mol. The van der Waals surface area contributed by atoms with Crippen molar-refractivity contribution in [1.82, 2.24) is 10.2 Å². The molecule has 3 rings (SSSR count). The van der Waals surface area contributed by atoms with Gasteiger partial charge in [-0.2, -0.15) is 0 Å². The highest BCUT2D eigenvalue weighted by atomic mass is 16.6. The van der Waals surface area contributed by atoms with Crippen LogP contribution in [0.2, 0.25) is 0 Å². The minimum absolute atomic E-state index is 0.127. The highest BCUT2D eigenvalue weighted by molar-refractivity contribution is 5.86. The Morgan fingerprint density at radius 1 is 1.15 bits per heavy atom. The highest BCUT2D eigenvalue weighted by Crippen LogP contribution is 2.24. The van der Waals surface area contributed by atoms with Crippen molar-refractivity contribution in [3.63, 3.8) is 0 Å². The molecule has 2 amide bonds. The van der Waals surface area contributed by atoms with Crippen molar-refractivity contribution in [1.29, 1.82) is 0 Å². The van der Waals surface area contributed by atoms with Gasteiger partial charge < -0.3 is 20.9 Å². The molecule has 2 aromatic carbocycles. The molecule has 0 unspecified atom stereocenters. The van der Waals surface area contributed by atoms with Crippen molar-refractivity contribution in [2.45, 2.75) is 31.8 Å². The number of nitrogens with one attached hydrogen (secondary N) is 1. The minimum Gasteiger partial charge on any atom is -0.445 e. The summed E-state index contributed by atoms with van der Waals surface area (Å²) in [7, 11) is 0. The predicted octanol–water partition coefficient (Wildman–Crippen LogP) is 1.14. The van der Waals surface area contributed by atoms with Gasteiger partial charge in [-0.3, -0.25) is 9.69 Å². The molecule has 0 radical (unpaired) electrons. The molecule has 1 aliphatic rings. The average Bonchev–Trinajstić information content (AvgIpc) is 2.71. The molecule has 7 nitrogen and oxygen atoms in total. The molecule has 7 heteroatoms. The maximum atomic E-state index is 12.7. The largest absolute Gasteiger partial charge is 0.445 e. The summed E-state index contributed by atoms with van der Waals surface area (Å²) >= 11 is 0. The smallest absolute Gasteiger partial charge is 0.411 e. The quantitative estimate of drug-likeness (QED) is 0.686. The standard InChI is InChI=1S/C20H23N3O4/c21-18(12-24)22-19(25)17-10-15-8-4-5-9-16(15)11-23(17)20(26)27-13-14-6-2-1-3-7-14/h1-9,17-18,24H,10-13,21H2,(H,22,25)/t17-,18+/m0/s1. The Morgan fingerprint density at radius 2 is 1.81 bits per heavy atom. The van der Waals surface area contributed by atoms with Crippen LogP contribution in [0, 0.1) is 0 Å². The van der Waals surface area contributed by atoms with Gasteiger partial charge in [-0.1, -0.05) is 54.6 Å². The van der Waals surface area contributed by atoms with Gasteiger partial charge in [0.15, 0.2) is 0 Å². The summed E-state index contributed by atoms with van der Waals surface area (Å²) in [6, 6.07) is 16.3. The van der Waals surface area contributed by atoms with Gasteiger partial charge in [0.25, 0.3) is 0 Å². The number of benzene rings is 2. The van der Waals surface area contributed by atoms with E-state index in [0.29, 0.717) is 6.42 Å². The molecule has 0 spiro atoms. The summed E-state index contributed by atoms with van der Waals surface area (Å²) in [4.78, 5) is 26.7. The molecule has 0 bridgehead atoms. The van der Waals surface area contributed by atoms with Gasteiger partial charge in [0, 0.05) is 6.42 Å². The van der Waals surface area contributed by atoms with E-state index in [-0.39, 0.29) is 19.8 Å². The summed E-state index contributed by atoms with van der Waals surface area (Å²) in [5.41, 5.74) is 8.46. The minimum atomic E-state index is -0.878. The molecule has 4 N–H and O–H groups in total. The van der Waals surface area contributed by atoms with E-state index in [4.69, 9.17) is 15.6 Å². The monoisotopic (exact) mass is 369 g/mol. The molecule has 0 saturated heterocycles. The van der Waals surface area contributed by atoms with Gasteiger partial charge in [-0.15, -0.1) is 0 Å². The number of nitrogens with zero attached hydrogens (tertiary/aromatic N) is 1. The zero-order valence-electron chi connectivity index (χ0n) is 14.9. The van der Waals surface area contributed by atoms with E-state index in [1.54, 1.807) is 0 Å². The second kappa shape index (κ2) is 8.66. The second-order valence-corrected chi connectivity index (χ2v) is 6.45. The lowest BCUT2D eigenvalue weighted by Crippen LogP contribution is -2.56. The van der Waals surface area contributed by atoms with Crippen molar-refractivity contribution in [3.8, 4) is 0 Å². The van der Waals surface area contributed by atoms with Crippen LogP contribution in [0.3, 0.4) is 0 Å². The Hall–Kier alpha value is -2.90. The fraction of sp³-hybridized carbons (Fsp3) is 0.300. The summed E-state index contributed by atoms with van der Waals surface area (Å²) in [5.74, 6) is -0.414. The zero-order valence-corrected chi connectivity index (χ0v) is 14.9. The predicted molar refractivity (Wildman–Crippen MR) is 99.3 cm³/mol. The fourth-order valence-electron chi connectivity index (χ4n) is 3.08. The van der Waals surface area contributed by atoms with E-state index in [1.807, 2.05) is 54.6 Å². The SMILES string of the molecule is N[C@@H](CO)NC(=O)[C@@H]1Cc2ccccc2CN1C(=O)OCc1ccccc1. The number of fused-ring (bicyclic) bond motifs is 1. The molecule has 0 aromatic heterocycles. The Morgan fingerprint density at radius 3 is 2.52 bits per heavy atom. The van der Waals surface area contributed by atoms with E-state index in [0.717, 1.165) is 16.7 Å². The first kappa shape index (κ1) is 18.9. The van der Waals surface area contributed by atoms with Crippen LogP contribution in [0.5, 0.6) is 0 Å². The lowest BCUT2D eigenvalue weighted by Gasteiger charge is -2.35. The van der Waals surface area contributed by atoms with Crippen molar-refractivity contribution in [2.24, 2.45) is 5.73 Å². The van der Waals surface area contributed by atoms with Crippen molar-refractivity contribution in [3.05, 3.63) is 71.3 Å². The topological polar surface area (TPSA) is 105 Å². The molecule has 27 heavy (non-hydrogen) atoms. The molecular formula is C20H23N3O4. The number of ether oxygens (including phenoxy) is 1. The average molecular weight is 369 g/mol. The van der Waals surface area contributed by atoms with Crippen molar-refractivity contribution in [2.75, 3.05) is 6.61 Å². The van der Waals surface area contributed by atoms with Crippen LogP contribution in [0.15, 0.2) is 54.6 Å². The number of aliphatic hydroxyl groups excluding tert-OH is 1. The number of rotatable bonds is 5. The van der Waals surface area contributed by atoms with E-state index < -0.39 is 24.2 Å². The van der Waals surface area contributed by atoms with Gasteiger partial charge >= 0.3 is 6.09 Å². The lowest BCUT2D eigenvalue weighted by atomic mass is 9.94. The summed E-state index contributed by atoms with van der Waals surface area (Å²) < 4.78 is 5.42. The Bertz CT molecular complexity index is 797. The number of carbonyl (C=O) groups is 2. The Balaban J connectivity index is 1.76. The van der Waals surface area contributed by atoms with E-state index >= 15 is 0 Å².